The van der Waals surface area contributed by atoms with Crippen LogP contribution in [0.25, 0.3) is 0 Å². The number of ether oxygens (including phenoxy) is 1. The van der Waals surface area contributed by atoms with Crippen LogP contribution in [-0.4, -0.2) is 37.8 Å². The third kappa shape index (κ3) is 2.36. The largest absolute Gasteiger partial charge is 0.378 e. The van der Waals surface area contributed by atoms with Gasteiger partial charge in [-0.2, -0.15) is 0 Å². The van der Waals surface area contributed by atoms with Gasteiger partial charge in [0.15, 0.2) is 5.13 Å². The number of rotatable bonds is 6. The zero-order chi connectivity index (χ0) is 14.2. The van der Waals surface area contributed by atoms with Gasteiger partial charge in [0.05, 0.1) is 11.8 Å². The van der Waals surface area contributed by atoms with E-state index in [1.807, 2.05) is 14.1 Å². The van der Waals surface area contributed by atoms with Crippen molar-refractivity contribution in [3.05, 3.63) is 11.1 Å². The summed E-state index contributed by atoms with van der Waals surface area (Å²) in [6.45, 7) is 3.83. The van der Waals surface area contributed by atoms with Crippen LogP contribution >= 0.6 is 11.3 Å². The van der Waals surface area contributed by atoms with E-state index < -0.39 is 0 Å². The lowest BCUT2D eigenvalue weighted by atomic mass is 9.51. The Balaban J connectivity index is 1.54. The molecule has 1 N–H and O–H groups in total. The smallest absolute Gasteiger partial charge is 0.185 e. The fourth-order valence-corrected chi connectivity index (χ4v) is 4.29. The number of thiazole rings is 1. The van der Waals surface area contributed by atoms with E-state index in [1.54, 1.807) is 11.3 Å². The Morgan fingerprint density at radius 2 is 2.30 bits per heavy atom. The van der Waals surface area contributed by atoms with Crippen molar-refractivity contribution in [1.29, 1.82) is 0 Å². The van der Waals surface area contributed by atoms with Gasteiger partial charge in [-0.05, 0) is 26.2 Å². The SMILES string of the molecule is CCO[C@H]1C[C@@H](NCc2csc(N(C)C)n2)C12CCC2. The van der Waals surface area contributed by atoms with Crippen molar-refractivity contribution < 1.29 is 4.74 Å². The number of aromatic nitrogens is 1. The van der Waals surface area contributed by atoms with Crippen molar-refractivity contribution >= 4 is 16.5 Å². The second-order valence-corrected chi connectivity index (χ2v) is 7.05. The van der Waals surface area contributed by atoms with Crippen LogP contribution < -0.4 is 10.2 Å². The van der Waals surface area contributed by atoms with E-state index in [2.05, 4.69) is 27.5 Å². The van der Waals surface area contributed by atoms with E-state index in [1.165, 1.54) is 25.7 Å². The highest BCUT2D eigenvalue weighted by atomic mass is 32.1. The second-order valence-electron chi connectivity index (χ2n) is 6.22. The number of hydrogen-bond donors (Lipinski definition) is 1. The van der Waals surface area contributed by atoms with Gasteiger partial charge in [-0.3, -0.25) is 0 Å². The van der Waals surface area contributed by atoms with Crippen molar-refractivity contribution in [2.24, 2.45) is 5.41 Å². The molecule has 1 aromatic heterocycles. The van der Waals surface area contributed by atoms with Crippen molar-refractivity contribution in [3.8, 4) is 0 Å². The molecule has 0 amide bonds. The maximum atomic E-state index is 5.89. The summed E-state index contributed by atoms with van der Waals surface area (Å²) in [6, 6.07) is 0.623. The Morgan fingerprint density at radius 3 is 2.85 bits per heavy atom. The topological polar surface area (TPSA) is 37.4 Å². The number of hydrogen-bond acceptors (Lipinski definition) is 5. The second kappa shape index (κ2) is 5.62. The fourth-order valence-electron chi connectivity index (χ4n) is 3.54. The average molecular weight is 295 g/mol. The first-order chi connectivity index (χ1) is 9.65. The van der Waals surface area contributed by atoms with Gasteiger partial charge < -0.3 is 15.0 Å². The van der Waals surface area contributed by atoms with Crippen molar-refractivity contribution in [3.63, 3.8) is 0 Å². The molecule has 1 heterocycles. The number of anilines is 1. The zero-order valence-corrected chi connectivity index (χ0v) is 13.5. The molecule has 0 aromatic carbocycles. The summed E-state index contributed by atoms with van der Waals surface area (Å²) < 4.78 is 5.89. The molecule has 0 saturated heterocycles. The van der Waals surface area contributed by atoms with Gasteiger partial charge in [0, 0.05) is 44.1 Å². The summed E-state index contributed by atoms with van der Waals surface area (Å²) in [5.74, 6) is 0. The van der Waals surface area contributed by atoms with Gasteiger partial charge in [-0.1, -0.05) is 6.42 Å². The van der Waals surface area contributed by atoms with E-state index in [0.29, 0.717) is 17.6 Å². The highest BCUT2D eigenvalue weighted by Gasteiger charge is 2.58. The Labute approximate surface area is 125 Å². The van der Waals surface area contributed by atoms with Crippen molar-refractivity contribution in [1.82, 2.24) is 10.3 Å². The van der Waals surface area contributed by atoms with E-state index >= 15 is 0 Å². The summed E-state index contributed by atoms with van der Waals surface area (Å²) in [7, 11) is 4.08. The number of nitrogens with zero attached hydrogens (tertiary/aromatic N) is 2. The summed E-state index contributed by atoms with van der Waals surface area (Å²) in [5.41, 5.74) is 1.60. The molecule has 1 spiro atoms. The lowest BCUT2D eigenvalue weighted by molar-refractivity contribution is -0.173. The first-order valence-electron chi connectivity index (χ1n) is 7.62. The van der Waals surface area contributed by atoms with Crippen molar-refractivity contribution in [2.75, 3.05) is 25.6 Å². The normalized spacial score (nSPS) is 27.1. The fraction of sp³-hybridized carbons (Fsp3) is 0.800. The Bertz CT molecular complexity index is 456. The molecule has 2 fully saturated rings. The van der Waals surface area contributed by atoms with Crippen LogP contribution in [0.2, 0.25) is 0 Å². The van der Waals surface area contributed by atoms with Gasteiger partial charge in [-0.15, -0.1) is 11.3 Å². The molecule has 0 aliphatic heterocycles. The minimum absolute atomic E-state index is 0.441. The van der Waals surface area contributed by atoms with E-state index in [-0.39, 0.29) is 0 Å². The Hall–Kier alpha value is -0.650. The molecule has 20 heavy (non-hydrogen) atoms. The standard InChI is InChI=1S/C15H25N3OS/c1-4-19-13-8-12(15(13)6-5-7-15)16-9-11-10-20-14(17-11)18(2)3/h10,12-13,16H,4-9H2,1-3H3/t12-,13+/m1/s1. The molecular formula is C15H25N3OS. The zero-order valence-electron chi connectivity index (χ0n) is 12.7. The molecule has 2 atom stereocenters. The molecule has 1 aromatic rings. The highest BCUT2D eigenvalue weighted by Crippen LogP contribution is 2.57. The predicted molar refractivity (Wildman–Crippen MR) is 83.4 cm³/mol. The molecule has 0 bridgehead atoms. The monoisotopic (exact) mass is 295 g/mol. The summed E-state index contributed by atoms with van der Waals surface area (Å²) in [4.78, 5) is 6.70. The predicted octanol–water partition coefficient (Wildman–Crippen LogP) is 2.65. The molecule has 2 saturated carbocycles. The van der Waals surface area contributed by atoms with Gasteiger partial charge in [0.25, 0.3) is 0 Å². The maximum Gasteiger partial charge on any atom is 0.185 e. The van der Waals surface area contributed by atoms with Crippen LogP contribution in [0.15, 0.2) is 5.38 Å². The van der Waals surface area contributed by atoms with Gasteiger partial charge in [-0.25, -0.2) is 4.98 Å². The first kappa shape index (κ1) is 14.3. The Kier molecular flexibility index (Phi) is 4.02. The van der Waals surface area contributed by atoms with Gasteiger partial charge >= 0.3 is 0 Å². The Morgan fingerprint density at radius 1 is 1.50 bits per heavy atom. The quantitative estimate of drug-likeness (QED) is 0.875. The van der Waals surface area contributed by atoms with Gasteiger partial charge in [0.1, 0.15) is 0 Å². The maximum absolute atomic E-state index is 5.89. The van der Waals surface area contributed by atoms with E-state index in [4.69, 9.17) is 4.74 Å². The van der Waals surface area contributed by atoms with Crippen LogP contribution in [0, 0.1) is 5.41 Å². The molecule has 5 heteroatoms. The molecule has 2 aliphatic carbocycles. The minimum atomic E-state index is 0.441. The molecule has 0 radical (unpaired) electrons. The van der Waals surface area contributed by atoms with E-state index in [9.17, 15) is 0 Å². The van der Waals surface area contributed by atoms with Crippen molar-refractivity contribution in [2.45, 2.75) is 51.3 Å². The molecule has 112 valence electrons. The van der Waals surface area contributed by atoms with Crippen LogP contribution in [-0.2, 0) is 11.3 Å². The highest BCUT2D eigenvalue weighted by molar-refractivity contribution is 7.13. The van der Waals surface area contributed by atoms with Crippen LogP contribution in [0.1, 0.15) is 38.3 Å². The van der Waals surface area contributed by atoms with E-state index in [0.717, 1.165) is 24.0 Å². The molecule has 3 rings (SSSR count). The van der Waals surface area contributed by atoms with Gasteiger partial charge in [0.2, 0.25) is 0 Å². The molecular weight excluding hydrogens is 270 g/mol. The van der Waals surface area contributed by atoms with Crippen LogP contribution in [0.3, 0.4) is 0 Å². The molecule has 0 unspecified atom stereocenters. The minimum Gasteiger partial charge on any atom is -0.378 e. The molecule has 2 aliphatic rings. The molecule has 4 nitrogen and oxygen atoms in total. The van der Waals surface area contributed by atoms with Crippen LogP contribution in [0.4, 0.5) is 5.13 Å². The average Bonchev–Trinajstić information content (AvgIpc) is 2.79. The lowest BCUT2D eigenvalue weighted by Crippen LogP contribution is -2.66. The third-order valence-corrected chi connectivity index (χ3v) is 5.95. The number of nitrogens with one attached hydrogen (secondary N) is 1. The summed E-state index contributed by atoms with van der Waals surface area (Å²) >= 11 is 1.71. The first-order valence-corrected chi connectivity index (χ1v) is 8.50. The summed E-state index contributed by atoms with van der Waals surface area (Å²) in [6.07, 6.45) is 5.68. The lowest BCUT2D eigenvalue weighted by Gasteiger charge is -2.61. The third-order valence-electron chi connectivity index (χ3n) is 4.89. The summed E-state index contributed by atoms with van der Waals surface area (Å²) in [5, 5.41) is 6.96. The van der Waals surface area contributed by atoms with Crippen LogP contribution in [0.5, 0.6) is 0 Å².